The number of benzene rings is 1. The second-order valence-electron chi connectivity index (χ2n) is 4.85. The highest BCUT2D eigenvalue weighted by Gasteiger charge is 2.18. The molecule has 0 spiro atoms. The van der Waals surface area contributed by atoms with Gasteiger partial charge in [0.1, 0.15) is 18.3 Å². The standard InChI is InChI=1S/C17H20O5/c1-2-14(12-19)15(6-8-18)11-17(21)22-9-7-13-4-3-5-16(20)10-13/h2-5,8,10,12,15,20H,6-7,9,11H2,1H3/b14-2-. The lowest BCUT2D eigenvalue weighted by atomic mass is 9.93. The molecular formula is C17H20O5. The average Bonchev–Trinajstić information content (AvgIpc) is 2.48. The van der Waals surface area contributed by atoms with Gasteiger partial charge >= 0.3 is 5.97 Å². The van der Waals surface area contributed by atoms with Crippen LogP contribution >= 0.6 is 0 Å². The quantitative estimate of drug-likeness (QED) is 0.430. The van der Waals surface area contributed by atoms with Crippen molar-refractivity contribution in [1.82, 2.24) is 0 Å². The van der Waals surface area contributed by atoms with Gasteiger partial charge in [0, 0.05) is 18.8 Å². The minimum atomic E-state index is -0.451. The lowest BCUT2D eigenvalue weighted by Gasteiger charge is -2.13. The lowest BCUT2D eigenvalue weighted by Crippen LogP contribution is -2.16. The van der Waals surface area contributed by atoms with Crippen molar-refractivity contribution in [3.05, 3.63) is 41.5 Å². The number of aldehydes is 2. The molecule has 118 valence electrons. The summed E-state index contributed by atoms with van der Waals surface area (Å²) >= 11 is 0. The van der Waals surface area contributed by atoms with Crippen LogP contribution in [-0.2, 0) is 25.5 Å². The van der Waals surface area contributed by atoms with E-state index >= 15 is 0 Å². The van der Waals surface area contributed by atoms with Crippen LogP contribution in [0.3, 0.4) is 0 Å². The number of ether oxygens (including phenoxy) is 1. The molecule has 5 nitrogen and oxygen atoms in total. The molecule has 0 aliphatic heterocycles. The van der Waals surface area contributed by atoms with Crippen molar-refractivity contribution >= 4 is 18.5 Å². The molecule has 0 aliphatic rings. The highest BCUT2D eigenvalue weighted by Crippen LogP contribution is 2.18. The molecule has 22 heavy (non-hydrogen) atoms. The van der Waals surface area contributed by atoms with Gasteiger partial charge in [-0.25, -0.2) is 0 Å². The molecule has 0 saturated heterocycles. The highest BCUT2D eigenvalue weighted by molar-refractivity contribution is 5.78. The molecule has 1 unspecified atom stereocenters. The topological polar surface area (TPSA) is 80.7 Å². The summed E-state index contributed by atoms with van der Waals surface area (Å²) in [5.74, 6) is -0.722. The van der Waals surface area contributed by atoms with Crippen LogP contribution in [0.2, 0.25) is 0 Å². The van der Waals surface area contributed by atoms with Crippen LogP contribution in [0.15, 0.2) is 35.9 Å². The molecular weight excluding hydrogens is 284 g/mol. The first-order valence-electron chi connectivity index (χ1n) is 7.09. The second-order valence-corrected chi connectivity index (χ2v) is 4.85. The zero-order valence-electron chi connectivity index (χ0n) is 12.5. The van der Waals surface area contributed by atoms with Crippen molar-refractivity contribution in [3.8, 4) is 5.75 Å². The van der Waals surface area contributed by atoms with Gasteiger partial charge in [0.05, 0.1) is 13.0 Å². The fraction of sp³-hybridized carbons (Fsp3) is 0.353. The van der Waals surface area contributed by atoms with Gasteiger partial charge in [-0.1, -0.05) is 18.2 Å². The molecule has 0 aliphatic carbocycles. The molecule has 0 heterocycles. The summed E-state index contributed by atoms with van der Waals surface area (Å²) < 4.78 is 5.12. The van der Waals surface area contributed by atoms with Gasteiger partial charge < -0.3 is 14.6 Å². The van der Waals surface area contributed by atoms with E-state index in [0.717, 1.165) is 5.56 Å². The zero-order valence-corrected chi connectivity index (χ0v) is 12.5. The van der Waals surface area contributed by atoms with Crippen molar-refractivity contribution < 1.29 is 24.2 Å². The first-order valence-corrected chi connectivity index (χ1v) is 7.09. The molecule has 0 saturated carbocycles. The number of aromatic hydroxyl groups is 1. The smallest absolute Gasteiger partial charge is 0.306 e. The SMILES string of the molecule is C/C=C(/C=O)C(CC=O)CC(=O)OCCc1cccc(O)c1. The Morgan fingerprint density at radius 3 is 2.73 bits per heavy atom. The number of phenolic OH excluding ortho intramolecular Hbond substituents is 1. The number of esters is 1. The number of carbonyl (C=O) groups excluding carboxylic acids is 3. The van der Waals surface area contributed by atoms with Crippen LogP contribution < -0.4 is 0 Å². The maximum Gasteiger partial charge on any atom is 0.306 e. The molecule has 0 aromatic heterocycles. The van der Waals surface area contributed by atoms with Crippen molar-refractivity contribution in [2.45, 2.75) is 26.2 Å². The van der Waals surface area contributed by atoms with E-state index in [1.54, 1.807) is 31.2 Å². The second kappa shape index (κ2) is 9.50. The first-order chi connectivity index (χ1) is 10.6. The van der Waals surface area contributed by atoms with Crippen LogP contribution in [-0.4, -0.2) is 30.3 Å². The molecule has 5 heteroatoms. The summed E-state index contributed by atoms with van der Waals surface area (Å²) in [6, 6.07) is 6.72. The number of hydrogen-bond acceptors (Lipinski definition) is 5. The van der Waals surface area contributed by atoms with E-state index in [2.05, 4.69) is 0 Å². The summed E-state index contributed by atoms with van der Waals surface area (Å²) in [6.45, 7) is 1.87. The van der Waals surface area contributed by atoms with E-state index in [1.165, 1.54) is 0 Å². The Labute approximate surface area is 129 Å². The lowest BCUT2D eigenvalue weighted by molar-refractivity contribution is -0.144. The van der Waals surface area contributed by atoms with Crippen molar-refractivity contribution in [3.63, 3.8) is 0 Å². The van der Waals surface area contributed by atoms with Crippen LogP contribution in [0, 0.1) is 5.92 Å². The van der Waals surface area contributed by atoms with Gasteiger partial charge in [0.2, 0.25) is 0 Å². The molecule has 0 fully saturated rings. The van der Waals surface area contributed by atoms with Crippen LogP contribution in [0.5, 0.6) is 5.75 Å². The van der Waals surface area contributed by atoms with E-state index in [9.17, 15) is 19.5 Å². The predicted octanol–water partition coefficient (Wildman–Crippen LogP) is 2.22. The van der Waals surface area contributed by atoms with Crippen molar-refractivity contribution in [1.29, 1.82) is 0 Å². The summed E-state index contributed by atoms with van der Waals surface area (Å²) in [7, 11) is 0. The van der Waals surface area contributed by atoms with E-state index in [-0.39, 0.29) is 25.2 Å². The molecule has 0 radical (unpaired) electrons. The van der Waals surface area contributed by atoms with E-state index in [0.29, 0.717) is 24.6 Å². The minimum absolute atomic E-state index is 0.00278. The summed E-state index contributed by atoms with van der Waals surface area (Å²) in [5, 5.41) is 9.33. The van der Waals surface area contributed by atoms with Gasteiger partial charge in [-0.15, -0.1) is 0 Å². The molecule has 1 N–H and O–H groups in total. The van der Waals surface area contributed by atoms with E-state index in [4.69, 9.17) is 4.74 Å². The van der Waals surface area contributed by atoms with E-state index in [1.807, 2.05) is 6.07 Å². The third-order valence-corrected chi connectivity index (χ3v) is 3.30. The molecule has 1 rings (SSSR count). The Balaban J connectivity index is 2.47. The van der Waals surface area contributed by atoms with Crippen LogP contribution in [0.4, 0.5) is 0 Å². The van der Waals surface area contributed by atoms with Crippen LogP contribution in [0.25, 0.3) is 0 Å². The number of phenols is 1. The highest BCUT2D eigenvalue weighted by atomic mass is 16.5. The Hall–Kier alpha value is -2.43. The molecule has 1 aromatic carbocycles. The third kappa shape index (κ3) is 5.91. The van der Waals surface area contributed by atoms with Gasteiger partial charge in [-0.05, 0) is 30.2 Å². The van der Waals surface area contributed by atoms with E-state index < -0.39 is 11.9 Å². The molecule has 1 atom stereocenters. The normalized spacial score (nSPS) is 12.5. The number of allylic oxidation sites excluding steroid dienone is 2. The first kappa shape index (κ1) is 17.6. The largest absolute Gasteiger partial charge is 0.508 e. The fourth-order valence-electron chi connectivity index (χ4n) is 2.11. The number of hydrogen-bond donors (Lipinski definition) is 1. The Morgan fingerprint density at radius 2 is 2.14 bits per heavy atom. The monoisotopic (exact) mass is 304 g/mol. The summed E-state index contributed by atoms with van der Waals surface area (Å²) in [4.78, 5) is 33.3. The zero-order chi connectivity index (χ0) is 16.4. The summed E-state index contributed by atoms with van der Waals surface area (Å²) in [5.41, 5.74) is 1.29. The number of rotatable bonds is 9. The average molecular weight is 304 g/mol. The van der Waals surface area contributed by atoms with Crippen molar-refractivity contribution in [2.75, 3.05) is 6.61 Å². The Morgan fingerprint density at radius 1 is 1.36 bits per heavy atom. The van der Waals surface area contributed by atoms with Crippen molar-refractivity contribution in [2.24, 2.45) is 5.92 Å². The Kier molecular flexibility index (Phi) is 7.61. The Bertz CT molecular complexity index is 548. The predicted molar refractivity (Wildman–Crippen MR) is 81.4 cm³/mol. The number of carbonyl (C=O) groups is 3. The van der Waals surface area contributed by atoms with Crippen LogP contribution in [0.1, 0.15) is 25.3 Å². The fourth-order valence-corrected chi connectivity index (χ4v) is 2.11. The van der Waals surface area contributed by atoms with Gasteiger partial charge in [-0.2, -0.15) is 0 Å². The summed E-state index contributed by atoms with van der Waals surface area (Å²) in [6.07, 6.45) is 3.55. The maximum atomic E-state index is 11.8. The molecule has 0 bridgehead atoms. The molecule has 0 amide bonds. The minimum Gasteiger partial charge on any atom is -0.508 e. The maximum absolute atomic E-state index is 11.8. The molecule has 1 aromatic rings. The van der Waals surface area contributed by atoms with Gasteiger partial charge in [0.25, 0.3) is 0 Å². The van der Waals surface area contributed by atoms with Gasteiger partial charge in [-0.3, -0.25) is 9.59 Å². The van der Waals surface area contributed by atoms with Gasteiger partial charge in [0.15, 0.2) is 0 Å². The third-order valence-electron chi connectivity index (χ3n) is 3.30.